The first-order valence-electron chi connectivity index (χ1n) is 10.3. The number of ether oxygens (including phenoxy) is 1. The Morgan fingerprint density at radius 1 is 1.00 bits per heavy atom. The molecule has 0 atom stereocenters. The molecule has 1 aromatic heterocycles. The van der Waals surface area contributed by atoms with Gasteiger partial charge in [0.25, 0.3) is 0 Å². The summed E-state index contributed by atoms with van der Waals surface area (Å²) in [4.78, 5) is 6.17. The van der Waals surface area contributed by atoms with Crippen molar-refractivity contribution >= 4 is 0 Å². The molecule has 3 heteroatoms. The quantitative estimate of drug-likeness (QED) is 0.624. The maximum absolute atomic E-state index is 5.39. The fraction of sp³-hybridized carbons (Fsp3) is 0.360. The van der Waals surface area contributed by atoms with Crippen molar-refractivity contribution in [2.24, 2.45) is 0 Å². The van der Waals surface area contributed by atoms with Crippen molar-refractivity contribution in [2.75, 3.05) is 26.7 Å². The van der Waals surface area contributed by atoms with Gasteiger partial charge < -0.3 is 14.6 Å². The second-order valence-corrected chi connectivity index (χ2v) is 7.84. The zero-order valence-corrected chi connectivity index (χ0v) is 16.9. The molecule has 1 N–H and O–H groups in total. The molecule has 0 saturated carbocycles. The summed E-state index contributed by atoms with van der Waals surface area (Å²) in [5, 5.41) is 0. The second-order valence-electron chi connectivity index (χ2n) is 7.84. The number of aryl methyl sites for hydroxylation is 1. The molecule has 2 aromatic carbocycles. The summed E-state index contributed by atoms with van der Waals surface area (Å²) in [5.74, 6) is 1.63. The molecule has 4 rings (SSSR count). The van der Waals surface area contributed by atoms with Crippen molar-refractivity contribution in [3.8, 4) is 17.0 Å². The highest BCUT2D eigenvalue weighted by Gasteiger charge is 2.21. The third kappa shape index (κ3) is 4.31. The molecule has 146 valence electrons. The van der Waals surface area contributed by atoms with Gasteiger partial charge >= 0.3 is 0 Å². The third-order valence-electron chi connectivity index (χ3n) is 6.06. The summed E-state index contributed by atoms with van der Waals surface area (Å²) in [6.45, 7) is 5.68. The Hall–Kier alpha value is -2.52. The highest BCUT2D eigenvalue weighted by Crippen LogP contribution is 2.30. The van der Waals surface area contributed by atoms with Crippen molar-refractivity contribution in [1.82, 2.24) is 9.88 Å². The van der Waals surface area contributed by atoms with Crippen LogP contribution in [0, 0.1) is 6.92 Å². The minimum atomic E-state index is 0.657. The molecule has 3 aromatic rings. The minimum absolute atomic E-state index is 0.657. The number of H-pyrrole nitrogens is 1. The standard InChI is InChI=1S/C25H30N2O/c1-19-22(18-25(26-19)21-7-4-3-5-8-21)13-16-27-14-11-20(12-15-27)23-9-6-10-24(17-23)28-2/h3-10,17-18,20,26H,11-16H2,1-2H3. The maximum Gasteiger partial charge on any atom is 0.119 e. The fourth-order valence-electron chi connectivity index (χ4n) is 4.30. The first-order chi connectivity index (χ1) is 13.7. The lowest BCUT2D eigenvalue weighted by molar-refractivity contribution is 0.214. The Morgan fingerprint density at radius 3 is 2.54 bits per heavy atom. The van der Waals surface area contributed by atoms with E-state index in [2.05, 4.69) is 71.4 Å². The van der Waals surface area contributed by atoms with E-state index < -0.39 is 0 Å². The molecule has 0 spiro atoms. The van der Waals surface area contributed by atoms with Crippen LogP contribution in [-0.2, 0) is 6.42 Å². The summed E-state index contributed by atoms with van der Waals surface area (Å²) in [6, 6.07) is 21.5. The summed E-state index contributed by atoms with van der Waals surface area (Å²) in [5.41, 5.74) is 6.65. The number of nitrogens with zero attached hydrogens (tertiary/aromatic N) is 1. The molecule has 1 saturated heterocycles. The number of aromatic amines is 1. The number of hydrogen-bond acceptors (Lipinski definition) is 2. The lowest BCUT2D eigenvalue weighted by atomic mass is 9.89. The molecule has 1 aliphatic heterocycles. The van der Waals surface area contributed by atoms with E-state index >= 15 is 0 Å². The number of benzene rings is 2. The van der Waals surface area contributed by atoms with Crippen LogP contribution >= 0.6 is 0 Å². The summed E-state index contributed by atoms with van der Waals surface area (Å²) >= 11 is 0. The predicted octanol–water partition coefficient (Wildman–Crippen LogP) is 5.42. The van der Waals surface area contributed by atoms with Gasteiger partial charge in [-0.3, -0.25) is 0 Å². The van der Waals surface area contributed by atoms with Gasteiger partial charge in [0.2, 0.25) is 0 Å². The Bertz CT molecular complexity index is 892. The van der Waals surface area contributed by atoms with Crippen molar-refractivity contribution in [2.45, 2.75) is 32.1 Å². The van der Waals surface area contributed by atoms with Gasteiger partial charge in [0, 0.05) is 17.9 Å². The van der Waals surface area contributed by atoms with E-state index in [1.54, 1.807) is 7.11 Å². The number of methoxy groups -OCH3 is 1. The van der Waals surface area contributed by atoms with Crippen LogP contribution in [-0.4, -0.2) is 36.6 Å². The van der Waals surface area contributed by atoms with Crippen LogP contribution in [0.2, 0.25) is 0 Å². The van der Waals surface area contributed by atoms with E-state index in [0.717, 1.165) is 18.7 Å². The monoisotopic (exact) mass is 374 g/mol. The van der Waals surface area contributed by atoms with Crippen molar-refractivity contribution in [3.63, 3.8) is 0 Å². The van der Waals surface area contributed by atoms with Crippen LogP contribution < -0.4 is 4.74 Å². The molecule has 1 aliphatic rings. The van der Waals surface area contributed by atoms with E-state index in [4.69, 9.17) is 4.74 Å². The Kier molecular flexibility index (Phi) is 5.82. The number of piperidine rings is 1. The minimum Gasteiger partial charge on any atom is -0.497 e. The lowest BCUT2D eigenvalue weighted by Gasteiger charge is -2.32. The normalized spacial score (nSPS) is 15.6. The number of aromatic nitrogens is 1. The van der Waals surface area contributed by atoms with Crippen molar-refractivity contribution in [1.29, 1.82) is 0 Å². The molecule has 2 heterocycles. The predicted molar refractivity (Wildman–Crippen MR) is 116 cm³/mol. The molecule has 28 heavy (non-hydrogen) atoms. The van der Waals surface area contributed by atoms with E-state index in [1.165, 1.54) is 54.0 Å². The molecule has 0 radical (unpaired) electrons. The summed E-state index contributed by atoms with van der Waals surface area (Å²) in [6.07, 6.45) is 3.57. The average molecular weight is 375 g/mol. The number of rotatable bonds is 6. The average Bonchev–Trinajstić information content (AvgIpc) is 3.14. The Balaban J connectivity index is 1.32. The molecule has 1 fully saturated rings. The van der Waals surface area contributed by atoms with Crippen LogP contribution in [0.4, 0.5) is 0 Å². The molecule has 0 unspecified atom stereocenters. The molecule has 0 amide bonds. The van der Waals surface area contributed by atoms with Gasteiger partial charge in [0.05, 0.1) is 7.11 Å². The third-order valence-corrected chi connectivity index (χ3v) is 6.06. The van der Waals surface area contributed by atoms with Gasteiger partial charge in [-0.1, -0.05) is 42.5 Å². The van der Waals surface area contributed by atoms with E-state index in [0.29, 0.717) is 5.92 Å². The van der Waals surface area contributed by atoms with Crippen LogP contribution in [0.15, 0.2) is 60.7 Å². The van der Waals surface area contributed by atoms with E-state index in [-0.39, 0.29) is 0 Å². The Labute approximate surface area is 168 Å². The summed E-state index contributed by atoms with van der Waals surface area (Å²) in [7, 11) is 1.74. The van der Waals surface area contributed by atoms with E-state index in [9.17, 15) is 0 Å². The van der Waals surface area contributed by atoms with Crippen LogP contribution in [0.5, 0.6) is 5.75 Å². The smallest absolute Gasteiger partial charge is 0.119 e. The summed E-state index contributed by atoms with van der Waals surface area (Å²) < 4.78 is 5.39. The molecule has 0 bridgehead atoms. The van der Waals surface area contributed by atoms with Crippen molar-refractivity contribution in [3.05, 3.63) is 77.5 Å². The van der Waals surface area contributed by atoms with Gasteiger partial charge in [-0.05, 0) is 80.1 Å². The molecular formula is C25H30N2O. The van der Waals surface area contributed by atoms with Crippen LogP contribution in [0.1, 0.15) is 35.6 Å². The Morgan fingerprint density at radius 2 is 1.79 bits per heavy atom. The fourth-order valence-corrected chi connectivity index (χ4v) is 4.30. The highest BCUT2D eigenvalue weighted by atomic mass is 16.5. The van der Waals surface area contributed by atoms with Gasteiger partial charge in [-0.15, -0.1) is 0 Å². The lowest BCUT2D eigenvalue weighted by Crippen LogP contribution is -2.34. The number of likely N-dealkylation sites (tertiary alicyclic amines) is 1. The molecule has 3 nitrogen and oxygen atoms in total. The number of nitrogens with one attached hydrogen (secondary N) is 1. The SMILES string of the molecule is COc1cccc(C2CCN(CCc3cc(-c4ccccc4)[nH]c3C)CC2)c1. The maximum atomic E-state index is 5.39. The van der Waals surface area contributed by atoms with E-state index in [1.807, 2.05) is 6.07 Å². The molecule has 0 aliphatic carbocycles. The first kappa shape index (κ1) is 18.8. The van der Waals surface area contributed by atoms with Gasteiger partial charge in [0.15, 0.2) is 0 Å². The van der Waals surface area contributed by atoms with Crippen LogP contribution in [0.3, 0.4) is 0 Å². The second kappa shape index (κ2) is 8.66. The van der Waals surface area contributed by atoms with Gasteiger partial charge in [-0.25, -0.2) is 0 Å². The van der Waals surface area contributed by atoms with Crippen LogP contribution in [0.25, 0.3) is 11.3 Å². The largest absolute Gasteiger partial charge is 0.497 e. The zero-order chi connectivity index (χ0) is 19.3. The zero-order valence-electron chi connectivity index (χ0n) is 16.9. The highest BCUT2D eigenvalue weighted by molar-refractivity contribution is 5.61. The molecular weight excluding hydrogens is 344 g/mol. The first-order valence-corrected chi connectivity index (χ1v) is 10.3. The van der Waals surface area contributed by atoms with Crippen molar-refractivity contribution < 1.29 is 4.74 Å². The number of hydrogen-bond donors (Lipinski definition) is 1. The van der Waals surface area contributed by atoms with Gasteiger partial charge in [-0.2, -0.15) is 0 Å². The van der Waals surface area contributed by atoms with Gasteiger partial charge in [0.1, 0.15) is 5.75 Å². The topological polar surface area (TPSA) is 28.3 Å².